The molecule has 2 aromatic rings. The Morgan fingerprint density at radius 2 is 1.88 bits per heavy atom. The lowest BCUT2D eigenvalue weighted by Crippen LogP contribution is -2.43. The van der Waals surface area contributed by atoms with E-state index in [-0.39, 0.29) is 17.3 Å². The van der Waals surface area contributed by atoms with Crippen LogP contribution in [0.5, 0.6) is 5.75 Å². The summed E-state index contributed by atoms with van der Waals surface area (Å²) in [6.07, 6.45) is 3.26. The molecule has 0 aliphatic carbocycles. The SMILES string of the molecule is COc1ccc(C)cc1S(=O)(=O)n1ccc(N2CCNCC2)c1.Cl. The first-order valence-corrected chi connectivity index (χ1v) is 9.00. The first-order chi connectivity index (χ1) is 11.0. The van der Waals surface area contributed by atoms with Gasteiger partial charge in [-0.1, -0.05) is 6.07 Å². The third kappa shape index (κ3) is 3.53. The standard InChI is InChI=1S/C16H21N3O3S.ClH/c1-13-3-4-15(22-2)16(11-13)23(20,21)19-8-5-14(12-19)18-9-6-17-7-10-18;/h3-5,8,11-12,17H,6-7,9-10H2,1-2H3;1H. The molecule has 8 heteroatoms. The molecule has 3 rings (SSSR count). The Balaban J connectivity index is 0.00000208. The van der Waals surface area contributed by atoms with Gasteiger partial charge in [-0.25, -0.2) is 12.4 Å². The maximum Gasteiger partial charge on any atom is 0.271 e. The van der Waals surface area contributed by atoms with Gasteiger partial charge in [0.05, 0.1) is 12.8 Å². The predicted molar refractivity (Wildman–Crippen MR) is 97.1 cm³/mol. The van der Waals surface area contributed by atoms with Gasteiger partial charge >= 0.3 is 0 Å². The van der Waals surface area contributed by atoms with Gasteiger partial charge in [-0.3, -0.25) is 0 Å². The molecule has 1 aliphatic rings. The number of anilines is 1. The highest BCUT2D eigenvalue weighted by molar-refractivity contribution is 7.90. The molecule has 0 amide bonds. The molecule has 0 unspecified atom stereocenters. The second-order valence-corrected chi connectivity index (χ2v) is 7.41. The van der Waals surface area contributed by atoms with E-state index in [1.807, 2.05) is 19.1 Å². The summed E-state index contributed by atoms with van der Waals surface area (Å²) in [6.45, 7) is 5.42. The summed E-state index contributed by atoms with van der Waals surface area (Å²) in [5.41, 5.74) is 1.79. The van der Waals surface area contributed by atoms with Crippen molar-refractivity contribution in [1.29, 1.82) is 0 Å². The fourth-order valence-corrected chi connectivity index (χ4v) is 4.16. The van der Waals surface area contributed by atoms with Crippen molar-refractivity contribution < 1.29 is 13.2 Å². The molecule has 6 nitrogen and oxygen atoms in total. The number of nitrogens with zero attached hydrogens (tertiary/aromatic N) is 2. The smallest absolute Gasteiger partial charge is 0.271 e. The van der Waals surface area contributed by atoms with Gasteiger partial charge in [0.25, 0.3) is 10.0 Å². The van der Waals surface area contributed by atoms with Crippen molar-refractivity contribution in [3.05, 3.63) is 42.2 Å². The largest absolute Gasteiger partial charge is 0.495 e. The molecular formula is C16H22ClN3O3S. The van der Waals surface area contributed by atoms with Crippen molar-refractivity contribution in [1.82, 2.24) is 9.29 Å². The van der Waals surface area contributed by atoms with Crippen LogP contribution in [0.4, 0.5) is 5.69 Å². The average molecular weight is 372 g/mol. The van der Waals surface area contributed by atoms with Crippen LogP contribution in [0.2, 0.25) is 0 Å². The number of piperazine rings is 1. The molecule has 1 aromatic heterocycles. The van der Waals surface area contributed by atoms with E-state index >= 15 is 0 Å². The van der Waals surface area contributed by atoms with Gasteiger partial charge < -0.3 is 15.0 Å². The van der Waals surface area contributed by atoms with Gasteiger partial charge in [0, 0.05) is 38.6 Å². The van der Waals surface area contributed by atoms with Crippen molar-refractivity contribution in [3.8, 4) is 5.75 Å². The lowest BCUT2D eigenvalue weighted by atomic mass is 10.2. The van der Waals surface area contributed by atoms with Crippen LogP contribution in [-0.2, 0) is 10.0 Å². The lowest BCUT2D eigenvalue weighted by Gasteiger charge is -2.28. The molecule has 1 aromatic carbocycles. The van der Waals surface area contributed by atoms with Crippen molar-refractivity contribution in [2.75, 3.05) is 38.2 Å². The first kappa shape index (κ1) is 18.6. The number of aryl methyl sites for hydroxylation is 1. The van der Waals surface area contributed by atoms with Crippen molar-refractivity contribution >= 4 is 28.1 Å². The zero-order valence-corrected chi connectivity index (χ0v) is 15.4. The fraction of sp³-hybridized carbons (Fsp3) is 0.375. The van der Waals surface area contributed by atoms with Crippen LogP contribution in [0.15, 0.2) is 41.6 Å². The van der Waals surface area contributed by atoms with Crippen LogP contribution in [0.25, 0.3) is 0 Å². The van der Waals surface area contributed by atoms with Gasteiger partial charge in [-0.05, 0) is 30.7 Å². The average Bonchev–Trinajstić information content (AvgIpc) is 3.06. The van der Waals surface area contributed by atoms with Crippen LogP contribution in [0.3, 0.4) is 0 Å². The third-order valence-electron chi connectivity index (χ3n) is 4.01. The van der Waals surface area contributed by atoms with E-state index in [0.29, 0.717) is 5.75 Å². The summed E-state index contributed by atoms with van der Waals surface area (Å²) in [6, 6.07) is 6.99. The summed E-state index contributed by atoms with van der Waals surface area (Å²) in [5.74, 6) is 0.355. The molecule has 0 saturated carbocycles. The molecule has 1 fully saturated rings. The van der Waals surface area contributed by atoms with E-state index in [0.717, 1.165) is 37.4 Å². The molecule has 0 spiro atoms. The fourth-order valence-electron chi connectivity index (χ4n) is 2.72. The Labute approximate surface area is 148 Å². The van der Waals surface area contributed by atoms with Crippen molar-refractivity contribution in [2.45, 2.75) is 11.8 Å². The van der Waals surface area contributed by atoms with Gasteiger partial charge in [0.1, 0.15) is 10.6 Å². The Morgan fingerprint density at radius 1 is 1.17 bits per heavy atom. The zero-order chi connectivity index (χ0) is 16.4. The first-order valence-electron chi connectivity index (χ1n) is 7.56. The summed E-state index contributed by atoms with van der Waals surface area (Å²) in [5, 5.41) is 3.29. The Morgan fingerprint density at radius 3 is 2.54 bits per heavy atom. The van der Waals surface area contributed by atoms with E-state index in [1.54, 1.807) is 24.5 Å². The number of hydrogen-bond donors (Lipinski definition) is 1. The maximum atomic E-state index is 12.9. The number of hydrogen-bond acceptors (Lipinski definition) is 5. The quantitative estimate of drug-likeness (QED) is 0.889. The topological polar surface area (TPSA) is 63.6 Å². The highest BCUT2D eigenvalue weighted by Gasteiger charge is 2.23. The predicted octanol–water partition coefficient (Wildman–Crippen LogP) is 1.87. The molecule has 1 aliphatic heterocycles. The number of aromatic nitrogens is 1. The van der Waals surface area contributed by atoms with Crippen molar-refractivity contribution in [3.63, 3.8) is 0 Å². The van der Waals surface area contributed by atoms with Crippen molar-refractivity contribution in [2.24, 2.45) is 0 Å². The molecule has 1 saturated heterocycles. The number of benzene rings is 1. The van der Waals surface area contributed by atoms with Crippen LogP contribution >= 0.6 is 12.4 Å². The number of ether oxygens (including phenoxy) is 1. The third-order valence-corrected chi connectivity index (χ3v) is 5.67. The van der Waals surface area contributed by atoms with E-state index in [9.17, 15) is 8.42 Å². The number of halogens is 1. The van der Waals surface area contributed by atoms with Crippen LogP contribution in [-0.4, -0.2) is 45.7 Å². The molecule has 24 heavy (non-hydrogen) atoms. The van der Waals surface area contributed by atoms with E-state index < -0.39 is 10.0 Å². The van der Waals surface area contributed by atoms with E-state index in [4.69, 9.17) is 4.74 Å². The monoisotopic (exact) mass is 371 g/mol. The number of methoxy groups -OCH3 is 1. The second kappa shape index (κ2) is 7.46. The summed E-state index contributed by atoms with van der Waals surface area (Å²) in [4.78, 5) is 2.36. The molecule has 0 atom stereocenters. The molecular weight excluding hydrogens is 350 g/mol. The maximum absolute atomic E-state index is 12.9. The lowest BCUT2D eigenvalue weighted by molar-refractivity contribution is 0.402. The Bertz CT molecular complexity index is 799. The number of rotatable bonds is 4. The molecule has 2 heterocycles. The molecule has 0 bridgehead atoms. The molecule has 1 N–H and O–H groups in total. The van der Waals surface area contributed by atoms with Gasteiger partial charge in [0.15, 0.2) is 0 Å². The highest BCUT2D eigenvalue weighted by atomic mass is 35.5. The summed E-state index contributed by atoms with van der Waals surface area (Å²) >= 11 is 0. The zero-order valence-electron chi connectivity index (χ0n) is 13.7. The minimum atomic E-state index is -3.67. The van der Waals surface area contributed by atoms with E-state index in [1.165, 1.54) is 11.1 Å². The second-order valence-electron chi connectivity index (χ2n) is 5.60. The highest BCUT2D eigenvalue weighted by Crippen LogP contribution is 2.28. The molecule has 132 valence electrons. The van der Waals surface area contributed by atoms with Crippen LogP contribution in [0.1, 0.15) is 5.56 Å². The minimum Gasteiger partial charge on any atom is -0.495 e. The van der Waals surface area contributed by atoms with Crippen LogP contribution in [0, 0.1) is 6.92 Å². The van der Waals surface area contributed by atoms with E-state index in [2.05, 4.69) is 10.2 Å². The van der Waals surface area contributed by atoms with Crippen LogP contribution < -0.4 is 15.0 Å². The summed E-state index contributed by atoms with van der Waals surface area (Å²) < 4.78 is 32.3. The number of nitrogens with one attached hydrogen (secondary N) is 1. The Hall–Kier alpha value is -1.70. The Kier molecular flexibility index (Phi) is 5.79. The normalized spacial score (nSPS) is 15.0. The van der Waals surface area contributed by atoms with Gasteiger partial charge in [-0.2, -0.15) is 0 Å². The minimum absolute atomic E-state index is 0. The summed E-state index contributed by atoms with van der Waals surface area (Å²) in [7, 11) is -2.20. The van der Waals surface area contributed by atoms with Gasteiger partial charge in [0.2, 0.25) is 0 Å². The molecule has 0 radical (unpaired) electrons. The van der Waals surface area contributed by atoms with Gasteiger partial charge in [-0.15, -0.1) is 12.4 Å².